The molecule has 0 unspecified atom stereocenters. The molecule has 88 valence electrons. The van der Waals surface area contributed by atoms with Crippen LogP contribution < -0.4 is 0 Å². The highest BCUT2D eigenvalue weighted by atomic mass is 19.4. The molecular weight excluding hydrogens is 236 g/mol. The van der Waals surface area contributed by atoms with Gasteiger partial charge in [-0.2, -0.15) is 13.2 Å². The Balaban J connectivity index is 2.47. The topological polar surface area (TPSA) is 25.8 Å². The number of aromatic nitrogens is 2. The fraction of sp³-hybridized carbons (Fsp3) is 0.0909. The van der Waals surface area contributed by atoms with Crippen molar-refractivity contribution in [1.82, 2.24) is 9.97 Å². The Kier molecular flexibility index (Phi) is 2.79. The highest BCUT2D eigenvalue weighted by Crippen LogP contribution is 2.27. The smallest absolute Gasteiger partial charge is 0.233 e. The molecule has 0 saturated carbocycles. The molecule has 0 fully saturated rings. The molecule has 0 aliphatic carbocycles. The van der Waals surface area contributed by atoms with Gasteiger partial charge in [-0.1, -0.05) is 12.1 Å². The molecule has 1 heterocycles. The Morgan fingerprint density at radius 1 is 1.06 bits per heavy atom. The van der Waals surface area contributed by atoms with Crippen LogP contribution in [0.15, 0.2) is 36.5 Å². The van der Waals surface area contributed by atoms with Gasteiger partial charge in [-0.05, 0) is 18.2 Å². The van der Waals surface area contributed by atoms with Gasteiger partial charge < -0.3 is 0 Å². The van der Waals surface area contributed by atoms with Gasteiger partial charge in [0.15, 0.2) is 0 Å². The lowest BCUT2D eigenvalue weighted by atomic mass is 10.1. The van der Waals surface area contributed by atoms with Gasteiger partial charge in [0.05, 0.1) is 5.69 Å². The van der Waals surface area contributed by atoms with Crippen LogP contribution in [0.25, 0.3) is 11.3 Å². The number of hydrogen-bond acceptors (Lipinski definition) is 2. The maximum absolute atomic E-state index is 12.9. The van der Waals surface area contributed by atoms with Crippen LogP contribution in [0.2, 0.25) is 0 Å². The Morgan fingerprint density at radius 3 is 2.47 bits per heavy atom. The molecule has 2 aromatic rings. The molecule has 17 heavy (non-hydrogen) atoms. The van der Waals surface area contributed by atoms with Gasteiger partial charge in [0.25, 0.3) is 0 Å². The van der Waals surface area contributed by atoms with Crippen LogP contribution in [0.5, 0.6) is 0 Å². The van der Waals surface area contributed by atoms with Gasteiger partial charge in [0.1, 0.15) is 5.82 Å². The molecule has 1 aromatic carbocycles. The van der Waals surface area contributed by atoms with Gasteiger partial charge in [0.2, 0.25) is 5.82 Å². The van der Waals surface area contributed by atoms with Crippen molar-refractivity contribution in [3.8, 4) is 11.3 Å². The van der Waals surface area contributed by atoms with Gasteiger partial charge in [-0.3, -0.25) is 0 Å². The van der Waals surface area contributed by atoms with E-state index in [1.807, 2.05) is 0 Å². The van der Waals surface area contributed by atoms with E-state index >= 15 is 0 Å². The number of alkyl halides is 3. The van der Waals surface area contributed by atoms with Crippen LogP contribution in [0.1, 0.15) is 5.82 Å². The van der Waals surface area contributed by atoms with E-state index in [1.165, 1.54) is 24.3 Å². The lowest BCUT2D eigenvalue weighted by molar-refractivity contribution is -0.144. The molecular formula is C11H6F4N2. The molecule has 0 aliphatic rings. The zero-order valence-corrected chi connectivity index (χ0v) is 8.37. The molecule has 2 rings (SSSR count). The summed E-state index contributed by atoms with van der Waals surface area (Å²) in [6.45, 7) is 0. The van der Waals surface area contributed by atoms with Gasteiger partial charge in [-0.25, -0.2) is 14.4 Å². The van der Waals surface area contributed by atoms with Crippen molar-refractivity contribution in [1.29, 1.82) is 0 Å². The summed E-state index contributed by atoms with van der Waals surface area (Å²) in [6.07, 6.45) is -3.61. The predicted molar refractivity (Wildman–Crippen MR) is 52.4 cm³/mol. The van der Waals surface area contributed by atoms with Gasteiger partial charge >= 0.3 is 6.18 Å². The van der Waals surface area contributed by atoms with Crippen molar-refractivity contribution in [3.63, 3.8) is 0 Å². The number of hydrogen-bond donors (Lipinski definition) is 0. The lowest BCUT2D eigenvalue weighted by Gasteiger charge is -2.06. The first-order valence-corrected chi connectivity index (χ1v) is 4.63. The minimum absolute atomic E-state index is 0.0341. The molecule has 0 amide bonds. The lowest BCUT2D eigenvalue weighted by Crippen LogP contribution is -2.10. The summed E-state index contributed by atoms with van der Waals surface area (Å²) in [7, 11) is 0. The second kappa shape index (κ2) is 4.12. The van der Waals surface area contributed by atoms with Crippen LogP contribution in [-0.4, -0.2) is 9.97 Å². The summed E-state index contributed by atoms with van der Waals surface area (Å²) >= 11 is 0. The third kappa shape index (κ3) is 2.58. The molecule has 0 spiro atoms. The summed E-state index contributed by atoms with van der Waals surface area (Å²) in [6, 6.07) is 6.49. The SMILES string of the molecule is Fc1cccc(-c2ccnc(C(F)(F)F)n2)c1. The average molecular weight is 242 g/mol. The second-order valence-corrected chi connectivity index (χ2v) is 3.27. The van der Waals surface area contributed by atoms with Crippen LogP contribution in [0.4, 0.5) is 17.6 Å². The third-order valence-corrected chi connectivity index (χ3v) is 2.03. The van der Waals surface area contributed by atoms with E-state index in [0.29, 0.717) is 0 Å². The first-order valence-electron chi connectivity index (χ1n) is 4.63. The van der Waals surface area contributed by atoms with Crippen molar-refractivity contribution in [2.45, 2.75) is 6.18 Å². The predicted octanol–water partition coefficient (Wildman–Crippen LogP) is 3.30. The number of benzene rings is 1. The maximum atomic E-state index is 12.9. The van der Waals surface area contributed by atoms with E-state index in [-0.39, 0.29) is 11.3 Å². The molecule has 1 aromatic heterocycles. The molecule has 0 aliphatic heterocycles. The Bertz CT molecular complexity index is 537. The first-order chi connectivity index (χ1) is 7.97. The van der Waals surface area contributed by atoms with Crippen LogP contribution >= 0.6 is 0 Å². The quantitative estimate of drug-likeness (QED) is 0.717. The van der Waals surface area contributed by atoms with Crippen molar-refractivity contribution in [2.75, 3.05) is 0 Å². The minimum atomic E-state index is -4.61. The molecule has 0 saturated heterocycles. The van der Waals surface area contributed by atoms with E-state index in [1.54, 1.807) is 0 Å². The number of halogens is 4. The van der Waals surface area contributed by atoms with Crippen molar-refractivity contribution < 1.29 is 17.6 Å². The fourth-order valence-corrected chi connectivity index (χ4v) is 1.30. The average Bonchev–Trinajstić information content (AvgIpc) is 2.28. The van der Waals surface area contributed by atoms with Crippen molar-refractivity contribution >= 4 is 0 Å². The molecule has 2 nitrogen and oxygen atoms in total. The van der Waals surface area contributed by atoms with Crippen molar-refractivity contribution in [2.24, 2.45) is 0 Å². The maximum Gasteiger partial charge on any atom is 0.451 e. The summed E-state index contributed by atoms with van der Waals surface area (Å²) in [5, 5.41) is 0. The number of rotatable bonds is 1. The molecule has 6 heteroatoms. The molecule has 0 N–H and O–H groups in total. The van der Waals surface area contributed by atoms with E-state index in [4.69, 9.17) is 0 Å². The standard InChI is InChI=1S/C11H6F4N2/c12-8-3-1-2-7(6-8)9-4-5-16-10(17-9)11(13,14)15/h1-6H. The fourth-order valence-electron chi connectivity index (χ4n) is 1.30. The van der Waals surface area contributed by atoms with Crippen LogP contribution in [0.3, 0.4) is 0 Å². The highest BCUT2D eigenvalue weighted by Gasteiger charge is 2.34. The Hall–Kier alpha value is -1.98. The summed E-state index contributed by atoms with van der Waals surface area (Å²) in [4.78, 5) is 6.48. The van der Waals surface area contributed by atoms with Crippen LogP contribution in [0, 0.1) is 5.82 Å². The van der Waals surface area contributed by atoms with E-state index in [9.17, 15) is 17.6 Å². The summed E-state index contributed by atoms with van der Waals surface area (Å²) < 4.78 is 50.0. The summed E-state index contributed by atoms with van der Waals surface area (Å²) in [5.74, 6) is -1.77. The van der Waals surface area contributed by atoms with Crippen LogP contribution in [-0.2, 0) is 6.18 Å². The normalized spacial score (nSPS) is 11.5. The Morgan fingerprint density at radius 2 is 1.82 bits per heavy atom. The van der Waals surface area contributed by atoms with Gasteiger partial charge in [0, 0.05) is 11.8 Å². The van der Waals surface area contributed by atoms with Crippen molar-refractivity contribution in [3.05, 3.63) is 48.2 Å². The molecule has 0 bridgehead atoms. The van der Waals surface area contributed by atoms with Gasteiger partial charge in [-0.15, -0.1) is 0 Å². The minimum Gasteiger partial charge on any atom is -0.233 e. The zero-order chi connectivity index (χ0) is 12.5. The Labute approximate surface area is 94.0 Å². The molecule has 0 radical (unpaired) electrons. The largest absolute Gasteiger partial charge is 0.451 e. The third-order valence-electron chi connectivity index (χ3n) is 2.03. The molecule has 0 atom stereocenters. The first kappa shape index (κ1) is 11.5. The van der Waals surface area contributed by atoms with E-state index in [0.717, 1.165) is 12.3 Å². The second-order valence-electron chi connectivity index (χ2n) is 3.27. The zero-order valence-electron chi connectivity index (χ0n) is 8.37. The van der Waals surface area contributed by atoms with E-state index in [2.05, 4.69) is 9.97 Å². The highest BCUT2D eigenvalue weighted by molar-refractivity contribution is 5.58. The number of nitrogens with zero attached hydrogens (tertiary/aromatic N) is 2. The van der Waals surface area contributed by atoms with E-state index < -0.39 is 17.8 Å². The summed E-state index contributed by atoms with van der Waals surface area (Å²) in [5.41, 5.74) is 0.310. The monoisotopic (exact) mass is 242 g/mol.